The van der Waals surface area contributed by atoms with Crippen LogP contribution < -0.4 is 5.32 Å². The lowest BCUT2D eigenvalue weighted by Gasteiger charge is -2.31. The van der Waals surface area contributed by atoms with E-state index in [-0.39, 0.29) is 11.9 Å². The van der Waals surface area contributed by atoms with Gasteiger partial charge in [0, 0.05) is 24.3 Å². The van der Waals surface area contributed by atoms with Crippen molar-refractivity contribution < 1.29 is 9.32 Å². The molecule has 0 spiro atoms. The summed E-state index contributed by atoms with van der Waals surface area (Å²) in [5, 5.41) is 7.11. The van der Waals surface area contributed by atoms with Crippen LogP contribution in [-0.2, 0) is 0 Å². The van der Waals surface area contributed by atoms with Gasteiger partial charge in [0.2, 0.25) is 11.7 Å². The number of carbonyl (C=O) groups excluding carboxylic acids is 1. The van der Waals surface area contributed by atoms with E-state index in [9.17, 15) is 4.79 Å². The number of likely N-dealkylation sites (tertiary alicyclic amines) is 1. The zero-order chi connectivity index (χ0) is 19.5. The molecule has 3 aromatic rings. The molecule has 144 valence electrons. The van der Waals surface area contributed by atoms with Gasteiger partial charge in [0.15, 0.2) is 0 Å². The minimum atomic E-state index is -0.0908. The fraction of sp³-hybridized carbons (Fsp3) is 0.318. The Balaban J connectivity index is 1.43. The molecule has 2 heterocycles. The highest BCUT2D eigenvalue weighted by molar-refractivity contribution is 5.89. The van der Waals surface area contributed by atoms with Gasteiger partial charge in [-0.15, -0.1) is 0 Å². The van der Waals surface area contributed by atoms with Crippen LogP contribution in [0.2, 0.25) is 0 Å². The lowest BCUT2D eigenvalue weighted by Crippen LogP contribution is -2.41. The van der Waals surface area contributed by atoms with E-state index in [0.717, 1.165) is 41.8 Å². The summed E-state index contributed by atoms with van der Waals surface area (Å²) in [5.41, 5.74) is 4.06. The maximum atomic E-state index is 12.6. The summed E-state index contributed by atoms with van der Waals surface area (Å²) in [6, 6.07) is 15.8. The fourth-order valence-corrected chi connectivity index (χ4v) is 3.51. The van der Waals surface area contributed by atoms with Crippen LogP contribution >= 0.6 is 0 Å². The van der Waals surface area contributed by atoms with Gasteiger partial charge in [-0.3, -0.25) is 0 Å². The molecule has 0 unspecified atom stereocenters. The number of hydrogen-bond acceptors (Lipinski definition) is 4. The summed E-state index contributed by atoms with van der Waals surface area (Å²) >= 11 is 0. The number of nitrogens with zero attached hydrogens (tertiary/aromatic N) is 3. The van der Waals surface area contributed by atoms with Gasteiger partial charge < -0.3 is 14.7 Å². The number of nitrogens with one attached hydrogen (secondary N) is 1. The average Bonchev–Trinajstić information content (AvgIpc) is 3.20. The molecule has 1 saturated heterocycles. The highest BCUT2D eigenvalue weighted by atomic mass is 16.5. The van der Waals surface area contributed by atoms with Crippen molar-refractivity contribution in [2.75, 3.05) is 18.4 Å². The molecule has 2 amide bonds. The smallest absolute Gasteiger partial charge is 0.321 e. The van der Waals surface area contributed by atoms with Crippen molar-refractivity contribution in [3.8, 4) is 11.4 Å². The molecule has 1 aliphatic heterocycles. The van der Waals surface area contributed by atoms with Crippen LogP contribution in [0.1, 0.15) is 35.8 Å². The van der Waals surface area contributed by atoms with E-state index in [1.807, 2.05) is 67.3 Å². The SMILES string of the molecule is Cc1ccc(NC(=O)N2CCC[C@H](c3nc(-c4cccc(C)c4)no3)C2)cc1. The van der Waals surface area contributed by atoms with Crippen LogP contribution in [0, 0.1) is 13.8 Å². The number of benzene rings is 2. The first-order chi connectivity index (χ1) is 13.6. The number of carbonyl (C=O) groups is 1. The lowest BCUT2D eigenvalue weighted by atomic mass is 9.98. The first-order valence-corrected chi connectivity index (χ1v) is 9.62. The van der Waals surface area contributed by atoms with Gasteiger partial charge in [0.05, 0.1) is 5.92 Å². The monoisotopic (exact) mass is 376 g/mol. The molecule has 28 heavy (non-hydrogen) atoms. The van der Waals surface area contributed by atoms with E-state index in [4.69, 9.17) is 4.52 Å². The predicted octanol–water partition coefficient (Wildman–Crippen LogP) is 4.76. The number of amides is 2. The number of urea groups is 1. The van der Waals surface area contributed by atoms with E-state index in [1.165, 1.54) is 0 Å². The Kier molecular flexibility index (Phi) is 5.10. The molecule has 0 bridgehead atoms. The van der Waals surface area contributed by atoms with Gasteiger partial charge in [0.25, 0.3) is 0 Å². The molecule has 0 radical (unpaired) electrons. The molecule has 1 aliphatic rings. The zero-order valence-electron chi connectivity index (χ0n) is 16.2. The maximum Gasteiger partial charge on any atom is 0.321 e. The Bertz CT molecular complexity index is 965. The van der Waals surface area contributed by atoms with E-state index in [0.29, 0.717) is 18.3 Å². The van der Waals surface area contributed by atoms with Crippen molar-refractivity contribution in [3.63, 3.8) is 0 Å². The number of aromatic nitrogens is 2. The second kappa shape index (κ2) is 7.84. The number of rotatable bonds is 3. The Morgan fingerprint density at radius 3 is 2.75 bits per heavy atom. The quantitative estimate of drug-likeness (QED) is 0.715. The third-order valence-corrected chi connectivity index (χ3v) is 5.08. The molecule has 4 rings (SSSR count). The maximum absolute atomic E-state index is 12.6. The van der Waals surface area contributed by atoms with Crippen LogP contribution in [0.4, 0.5) is 10.5 Å². The zero-order valence-corrected chi connectivity index (χ0v) is 16.2. The van der Waals surface area contributed by atoms with Crippen molar-refractivity contribution >= 4 is 11.7 Å². The summed E-state index contributed by atoms with van der Waals surface area (Å²) in [6.07, 6.45) is 1.85. The van der Waals surface area contributed by atoms with Crippen LogP contribution in [0.3, 0.4) is 0 Å². The van der Waals surface area contributed by atoms with Crippen LogP contribution in [0.5, 0.6) is 0 Å². The number of anilines is 1. The normalized spacial score (nSPS) is 16.8. The molecule has 1 aromatic heterocycles. The van der Waals surface area contributed by atoms with E-state index >= 15 is 0 Å². The van der Waals surface area contributed by atoms with Crippen molar-refractivity contribution in [3.05, 3.63) is 65.5 Å². The number of piperidine rings is 1. The lowest BCUT2D eigenvalue weighted by molar-refractivity contribution is 0.184. The topological polar surface area (TPSA) is 71.3 Å². The Hall–Kier alpha value is -3.15. The predicted molar refractivity (Wildman–Crippen MR) is 108 cm³/mol. The molecule has 1 N–H and O–H groups in total. The number of aryl methyl sites for hydroxylation is 2. The largest absolute Gasteiger partial charge is 0.339 e. The summed E-state index contributed by atoms with van der Waals surface area (Å²) in [5.74, 6) is 1.26. The number of hydrogen-bond donors (Lipinski definition) is 1. The molecule has 0 saturated carbocycles. The van der Waals surface area contributed by atoms with E-state index in [1.54, 1.807) is 0 Å². The standard InChI is InChI=1S/C22H24N4O2/c1-15-8-10-19(11-9-15)23-22(27)26-12-4-7-18(14-26)21-24-20(25-28-21)17-6-3-5-16(2)13-17/h3,5-6,8-11,13,18H,4,7,12,14H2,1-2H3,(H,23,27)/t18-/m0/s1. The van der Waals surface area contributed by atoms with Gasteiger partial charge in [-0.2, -0.15) is 4.98 Å². The van der Waals surface area contributed by atoms with Crippen LogP contribution in [0.15, 0.2) is 53.1 Å². The first-order valence-electron chi connectivity index (χ1n) is 9.62. The van der Waals surface area contributed by atoms with Crippen LogP contribution in [-0.4, -0.2) is 34.2 Å². The molecular weight excluding hydrogens is 352 g/mol. The van der Waals surface area contributed by atoms with Gasteiger partial charge in [-0.25, -0.2) is 4.79 Å². The van der Waals surface area contributed by atoms with Gasteiger partial charge >= 0.3 is 6.03 Å². The summed E-state index contributed by atoms with van der Waals surface area (Å²) in [6.45, 7) is 5.37. The first kappa shape index (κ1) is 18.2. The molecule has 2 aromatic carbocycles. The van der Waals surface area contributed by atoms with Crippen molar-refractivity contribution in [1.29, 1.82) is 0 Å². The average molecular weight is 376 g/mol. The highest BCUT2D eigenvalue weighted by Crippen LogP contribution is 2.28. The Labute approximate surface area is 164 Å². The highest BCUT2D eigenvalue weighted by Gasteiger charge is 2.28. The van der Waals surface area contributed by atoms with Crippen molar-refractivity contribution in [2.45, 2.75) is 32.6 Å². The molecule has 0 aliphatic carbocycles. The molecule has 1 atom stereocenters. The molecule has 6 heteroatoms. The Morgan fingerprint density at radius 2 is 1.96 bits per heavy atom. The summed E-state index contributed by atoms with van der Waals surface area (Å²) in [7, 11) is 0. The second-order valence-electron chi connectivity index (χ2n) is 7.41. The fourth-order valence-electron chi connectivity index (χ4n) is 3.51. The van der Waals surface area contributed by atoms with Gasteiger partial charge in [-0.1, -0.05) is 46.6 Å². The van der Waals surface area contributed by atoms with Crippen molar-refractivity contribution in [2.24, 2.45) is 0 Å². The van der Waals surface area contributed by atoms with E-state index < -0.39 is 0 Å². The second-order valence-corrected chi connectivity index (χ2v) is 7.41. The van der Waals surface area contributed by atoms with Gasteiger partial charge in [0.1, 0.15) is 0 Å². The minimum Gasteiger partial charge on any atom is -0.339 e. The molecular formula is C22H24N4O2. The summed E-state index contributed by atoms with van der Waals surface area (Å²) < 4.78 is 5.54. The molecule has 1 fully saturated rings. The third kappa shape index (κ3) is 4.06. The third-order valence-electron chi connectivity index (χ3n) is 5.08. The Morgan fingerprint density at radius 1 is 1.14 bits per heavy atom. The van der Waals surface area contributed by atoms with Crippen molar-refractivity contribution in [1.82, 2.24) is 15.0 Å². The van der Waals surface area contributed by atoms with Crippen LogP contribution in [0.25, 0.3) is 11.4 Å². The minimum absolute atomic E-state index is 0.0589. The van der Waals surface area contributed by atoms with E-state index in [2.05, 4.69) is 15.5 Å². The summed E-state index contributed by atoms with van der Waals surface area (Å²) in [4.78, 5) is 19.1. The molecule has 6 nitrogen and oxygen atoms in total. The van der Waals surface area contributed by atoms with Gasteiger partial charge in [-0.05, 0) is 44.9 Å².